The number of thioether (sulfide) groups is 1. The van der Waals surface area contributed by atoms with E-state index in [9.17, 15) is 5.11 Å². The van der Waals surface area contributed by atoms with Crippen LogP contribution in [-0.2, 0) is 0 Å². The molecule has 6 N–H and O–H groups in total. The predicted octanol–water partition coefficient (Wildman–Crippen LogP) is 2.84. The van der Waals surface area contributed by atoms with Gasteiger partial charge in [0.25, 0.3) is 0 Å². The van der Waals surface area contributed by atoms with Gasteiger partial charge >= 0.3 is 0 Å². The molecule has 0 saturated heterocycles. The largest absolute Gasteiger partial charge is 0.508 e. The fraction of sp³-hybridized carbons (Fsp3) is 0.333. The Morgan fingerprint density at radius 1 is 1.13 bits per heavy atom. The monoisotopic (exact) mass is 429 g/mol. The number of hydrogen-bond acceptors (Lipinski definition) is 9. The second kappa shape index (κ2) is 11.0. The minimum absolute atomic E-state index is 0.216. The molecule has 0 saturated carbocycles. The third-order valence-corrected chi connectivity index (χ3v) is 5.41. The lowest BCUT2D eigenvalue weighted by Gasteiger charge is -2.13. The van der Waals surface area contributed by atoms with E-state index in [0.29, 0.717) is 24.9 Å². The van der Waals surface area contributed by atoms with Crippen molar-refractivity contribution in [3.63, 3.8) is 0 Å². The molecule has 0 amide bonds. The van der Waals surface area contributed by atoms with Crippen molar-refractivity contribution in [2.45, 2.75) is 24.9 Å². The van der Waals surface area contributed by atoms with Crippen LogP contribution in [0.25, 0.3) is 11.5 Å². The maximum absolute atomic E-state index is 10.2. The van der Waals surface area contributed by atoms with Crippen LogP contribution in [0, 0.1) is 0 Å². The summed E-state index contributed by atoms with van der Waals surface area (Å²) in [5.41, 5.74) is 12.4. The molecule has 1 heterocycles. The first-order chi connectivity index (χ1) is 14.6. The lowest BCUT2D eigenvalue weighted by Crippen LogP contribution is -2.45. The highest BCUT2D eigenvalue weighted by molar-refractivity contribution is 7.99. The molecule has 1 unspecified atom stereocenters. The summed E-state index contributed by atoms with van der Waals surface area (Å²) >= 11 is 1.63. The lowest BCUT2D eigenvalue weighted by atomic mass is 10.1. The quantitative estimate of drug-likeness (QED) is 0.268. The van der Waals surface area contributed by atoms with E-state index in [4.69, 9.17) is 20.6 Å². The van der Waals surface area contributed by atoms with E-state index >= 15 is 0 Å². The number of nitrogens with two attached hydrogens (primary N) is 2. The first kappa shape index (κ1) is 22.1. The number of nitrogens with one attached hydrogen (secondary N) is 1. The Labute approximate surface area is 180 Å². The SMILES string of the molecule is CCSC(c1nnc(-c2ccc(OCCCNC(N)N)cc2)o1)c1ccccc1O. The van der Waals surface area contributed by atoms with Crippen molar-refractivity contribution in [2.24, 2.45) is 11.5 Å². The van der Waals surface area contributed by atoms with Gasteiger partial charge < -0.3 is 25.7 Å². The average molecular weight is 430 g/mol. The molecule has 0 radical (unpaired) electrons. The van der Waals surface area contributed by atoms with Crippen LogP contribution in [0.3, 0.4) is 0 Å². The maximum Gasteiger partial charge on any atom is 0.247 e. The number of aromatic nitrogens is 2. The first-order valence-electron chi connectivity index (χ1n) is 9.79. The van der Waals surface area contributed by atoms with Gasteiger partial charge in [0.15, 0.2) is 0 Å². The molecular weight excluding hydrogens is 402 g/mol. The number of nitrogens with zero attached hydrogens (tertiary/aromatic N) is 2. The van der Waals surface area contributed by atoms with E-state index in [-0.39, 0.29) is 11.0 Å². The molecule has 0 aliphatic heterocycles. The molecule has 0 aliphatic carbocycles. The van der Waals surface area contributed by atoms with Crippen LogP contribution in [-0.4, -0.2) is 40.5 Å². The molecule has 8 nitrogen and oxygen atoms in total. The smallest absolute Gasteiger partial charge is 0.247 e. The first-order valence-corrected chi connectivity index (χ1v) is 10.8. The highest BCUT2D eigenvalue weighted by atomic mass is 32.2. The summed E-state index contributed by atoms with van der Waals surface area (Å²) in [5, 5.41) is 21.3. The zero-order valence-corrected chi connectivity index (χ0v) is 17.6. The second-order valence-electron chi connectivity index (χ2n) is 6.55. The lowest BCUT2D eigenvalue weighted by molar-refractivity contribution is 0.305. The van der Waals surface area contributed by atoms with Gasteiger partial charge in [-0.25, -0.2) is 0 Å². The van der Waals surface area contributed by atoms with Gasteiger partial charge in [0.2, 0.25) is 11.8 Å². The van der Waals surface area contributed by atoms with E-state index < -0.39 is 6.29 Å². The van der Waals surface area contributed by atoms with Crippen molar-refractivity contribution in [1.82, 2.24) is 15.5 Å². The Morgan fingerprint density at radius 2 is 1.90 bits per heavy atom. The highest BCUT2D eigenvalue weighted by Crippen LogP contribution is 2.39. The average Bonchev–Trinajstić information content (AvgIpc) is 3.22. The van der Waals surface area contributed by atoms with Crippen molar-refractivity contribution < 1.29 is 14.3 Å². The molecule has 9 heteroatoms. The predicted molar refractivity (Wildman–Crippen MR) is 118 cm³/mol. The number of phenolic OH excluding ortho intramolecular Hbond substituents is 1. The van der Waals surface area contributed by atoms with Gasteiger partial charge in [0.05, 0.1) is 6.61 Å². The zero-order valence-electron chi connectivity index (χ0n) is 16.8. The van der Waals surface area contributed by atoms with Crippen molar-refractivity contribution >= 4 is 11.8 Å². The van der Waals surface area contributed by atoms with E-state index in [2.05, 4.69) is 15.5 Å². The minimum atomic E-state index is -0.509. The van der Waals surface area contributed by atoms with Crippen molar-refractivity contribution in [2.75, 3.05) is 18.9 Å². The topological polar surface area (TPSA) is 132 Å². The van der Waals surface area contributed by atoms with E-state index in [1.165, 1.54) is 0 Å². The summed E-state index contributed by atoms with van der Waals surface area (Å²) in [4.78, 5) is 0. The third-order valence-electron chi connectivity index (χ3n) is 4.29. The summed E-state index contributed by atoms with van der Waals surface area (Å²) in [6, 6.07) is 14.7. The summed E-state index contributed by atoms with van der Waals surface area (Å²) in [6.07, 6.45) is 0.285. The van der Waals surface area contributed by atoms with Gasteiger partial charge in [-0.15, -0.1) is 22.0 Å². The Kier molecular flexibility index (Phi) is 8.09. The molecule has 2 aromatic carbocycles. The van der Waals surface area contributed by atoms with Crippen LogP contribution in [0.2, 0.25) is 0 Å². The van der Waals surface area contributed by atoms with Gasteiger partial charge in [-0.05, 0) is 42.5 Å². The van der Waals surface area contributed by atoms with Gasteiger partial charge in [-0.3, -0.25) is 5.32 Å². The van der Waals surface area contributed by atoms with Crippen molar-refractivity contribution in [1.29, 1.82) is 0 Å². The molecule has 160 valence electrons. The maximum atomic E-state index is 10.2. The summed E-state index contributed by atoms with van der Waals surface area (Å²) in [7, 11) is 0. The molecular formula is C21H27N5O3S. The number of hydrogen-bond donors (Lipinski definition) is 4. The summed E-state index contributed by atoms with van der Waals surface area (Å²) in [6.45, 7) is 3.29. The highest BCUT2D eigenvalue weighted by Gasteiger charge is 2.23. The number of para-hydroxylation sites is 1. The number of aromatic hydroxyl groups is 1. The van der Waals surface area contributed by atoms with E-state index in [1.54, 1.807) is 23.9 Å². The van der Waals surface area contributed by atoms with E-state index in [1.807, 2.05) is 43.3 Å². The zero-order chi connectivity index (χ0) is 21.3. The van der Waals surface area contributed by atoms with Crippen LogP contribution in [0.15, 0.2) is 52.9 Å². The second-order valence-corrected chi connectivity index (χ2v) is 7.93. The normalized spacial score (nSPS) is 12.3. The number of benzene rings is 2. The Balaban J connectivity index is 1.65. The molecule has 0 bridgehead atoms. The molecule has 0 fully saturated rings. The molecule has 30 heavy (non-hydrogen) atoms. The minimum Gasteiger partial charge on any atom is -0.508 e. The fourth-order valence-electron chi connectivity index (χ4n) is 2.85. The molecule has 3 aromatic rings. The molecule has 3 rings (SSSR count). The van der Waals surface area contributed by atoms with Crippen molar-refractivity contribution in [3.05, 3.63) is 60.0 Å². The molecule has 1 atom stereocenters. The van der Waals surface area contributed by atoms with Crippen molar-refractivity contribution in [3.8, 4) is 23.0 Å². The van der Waals surface area contributed by atoms with E-state index in [0.717, 1.165) is 29.1 Å². The number of ether oxygens (including phenoxy) is 1. The number of phenols is 1. The van der Waals surface area contributed by atoms with Crippen LogP contribution in [0.1, 0.15) is 30.0 Å². The van der Waals surface area contributed by atoms with Gasteiger partial charge in [-0.1, -0.05) is 25.1 Å². The number of rotatable bonds is 11. The molecule has 1 aromatic heterocycles. The van der Waals surface area contributed by atoms with Gasteiger partial charge in [0.1, 0.15) is 23.0 Å². The van der Waals surface area contributed by atoms with Crippen LogP contribution >= 0.6 is 11.8 Å². The van der Waals surface area contributed by atoms with Crippen LogP contribution in [0.4, 0.5) is 0 Å². The van der Waals surface area contributed by atoms with Gasteiger partial charge in [0, 0.05) is 17.7 Å². The third kappa shape index (κ3) is 5.96. The summed E-state index contributed by atoms with van der Waals surface area (Å²) in [5.74, 6) is 2.70. The van der Waals surface area contributed by atoms with Crippen LogP contribution < -0.4 is 21.5 Å². The fourth-order valence-corrected chi connectivity index (χ4v) is 3.80. The summed E-state index contributed by atoms with van der Waals surface area (Å²) < 4.78 is 11.6. The Hall–Kier alpha value is -2.59. The standard InChI is InChI=1S/C21H27N5O3S/c1-2-30-18(16-6-3-4-7-17(16)27)20-26-25-19(29-20)14-8-10-15(11-9-14)28-13-5-12-24-21(22)23/h3-4,6-11,18,21,24,27H,2,5,12-13,22-23H2,1H3. The molecule has 0 aliphatic rings. The van der Waals surface area contributed by atoms with Crippen LogP contribution in [0.5, 0.6) is 11.5 Å². The molecule has 0 spiro atoms. The Morgan fingerprint density at radius 3 is 2.60 bits per heavy atom. The van der Waals surface area contributed by atoms with Gasteiger partial charge in [-0.2, -0.15) is 0 Å². The Bertz CT molecular complexity index is 917.